The van der Waals surface area contributed by atoms with Crippen LogP contribution in [-0.2, 0) is 9.47 Å². The quantitative estimate of drug-likeness (QED) is 0.377. The first kappa shape index (κ1) is 4.97. The fraction of sp³-hybridized carbons (Fsp3) is 1.00. The van der Waals surface area contributed by atoms with Crippen LogP contribution in [-0.4, -0.2) is 24.4 Å². The zero-order valence-electron chi connectivity index (χ0n) is 6.59. The van der Waals surface area contributed by atoms with Crippen molar-refractivity contribution in [2.24, 2.45) is 35.5 Å². The van der Waals surface area contributed by atoms with Gasteiger partial charge in [-0.25, -0.2) is 0 Å². The predicted molar refractivity (Wildman–Crippen MR) is 38.3 cm³/mol. The minimum absolute atomic E-state index is 0.705. The van der Waals surface area contributed by atoms with Gasteiger partial charge in [0.15, 0.2) is 0 Å². The van der Waals surface area contributed by atoms with Crippen LogP contribution in [0.5, 0.6) is 0 Å². The second-order valence-electron chi connectivity index (χ2n) is 5.59. The topological polar surface area (TPSA) is 25.1 Å². The molecule has 4 saturated carbocycles. The molecule has 62 valence electrons. The van der Waals surface area contributed by atoms with Gasteiger partial charge in [0.25, 0.3) is 0 Å². The van der Waals surface area contributed by atoms with Gasteiger partial charge in [0.05, 0.1) is 24.4 Å². The summed E-state index contributed by atoms with van der Waals surface area (Å²) in [6.45, 7) is 0. The molecular weight excluding hydrogens is 152 g/mol. The maximum atomic E-state index is 5.73. The van der Waals surface area contributed by atoms with Crippen LogP contribution in [0.1, 0.15) is 0 Å². The molecule has 2 saturated heterocycles. The summed E-state index contributed by atoms with van der Waals surface area (Å²) >= 11 is 0. The molecule has 0 aromatic heterocycles. The minimum atomic E-state index is 0.705. The third-order valence-corrected chi connectivity index (χ3v) is 5.75. The van der Waals surface area contributed by atoms with E-state index in [-0.39, 0.29) is 0 Å². The largest absolute Gasteiger partial charge is 0.369 e. The molecule has 2 heteroatoms. The molecule has 0 bridgehead atoms. The van der Waals surface area contributed by atoms with Gasteiger partial charge in [-0.1, -0.05) is 0 Å². The number of ether oxygens (including phenoxy) is 2. The van der Waals surface area contributed by atoms with E-state index in [0.29, 0.717) is 24.4 Å². The van der Waals surface area contributed by atoms with E-state index in [2.05, 4.69) is 0 Å². The van der Waals surface area contributed by atoms with Gasteiger partial charge in [0.1, 0.15) is 0 Å². The number of rotatable bonds is 0. The summed E-state index contributed by atoms with van der Waals surface area (Å²) in [5.74, 6) is 6.05. The van der Waals surface area contributed by atoms with E-state index in [9.17, 15) is 0 Å². The van der Waals surface area contributed by atoms with Crippen LogP contribution in [0.4, 0.5) is 0 Å². The van der Waals surface area contributed by atoms with E-state index in [4.69, 9.17) is 9.47 Å². The Balaban J connectivity index is 1.67. The van der Waals surface area contributed by atoms with Crippen LogP contribution in [0, 0.1) is 35.5 Å². The van der Waals surface area contributed by atoms with Gasteiger partial charge in [-0.05, 0) is 35.5 Å². The highest BCUT2D eigenvalue weighted by molar-refractivity contribution is 5.36. The monoisotopic (exact) mass is 162 g/mol. The number of hydrogen-bond donors (Lipinski definition) is 0. The summed E-state index contributed by atoms with van der Waals surface area (Å²) in [5, 5.41) is 0. The number of epoxide rings is 2. The van der Waals surface area contributed by atoms with Crippen LogP contribution >= 0.6 is 0 Å². The second-order valence-corrected chi connectivity index (χ2v) is 5.59. The highest BCUT2D eigenvalue weighted by Gasteiger charge is 2.89. The van der Waals surface area contributed by atoms with Gasteiger partial charge >= 0.3 is 0 Å². The molecule has 0 aromatic carbocycles. The molecule has 12 heavy (non-hydrogen) atoms. The smallest absolute Gasteiger partial charge is 0.0879 e. The summed E-state index contributed by atoms with van der Waals surface area (Å²) in [4.78, 5) is 0. The average Bonchev–Trinajstić information content (AvgIpc) is 2.73. The van der Waals surface area contributed by atoms with Crippen molar-refractivity contribution in [2.75, 3.05) is 0 Å². The highest BCUT2D eigenvalue weighted by atomic mass is 16.6. The molecule has 10 atom stereocenters. The summed E-state index contributed by atoms with van der Waals surface area (Å²) < 4.78 is 11.5. The Bertz CT molecular complexity index is 268. The normalized spacial score (nSPS) is 94.0. The van der Waals surface area contributed by atoms with E-state index < -0.39 is 0 Å². The zero-order chi connectivity index (χ0) is 7.19. The molecule has 0 N–H and O–H groups in total. The number of fused-ring (bicyclic) bond motifs is 8. The molecule has 2 aliphatic heterocycles. The van der Waals surface area contributed by atoms with Gasteiger partial charge in [-0.3, -0.25) is 0 Å². The Morgan fingerprint density at radius 1 is 0.417 bits per heavy atom. The second kappa shape index (κ2) is 1.05. The molecule has 2 heterocycles. The first-order valence-corrected chi connectivity index (χ1v) is 5.28. The molecule has 6 fully saturated rings. The predicted octanol–water partition coefficient (Wildman–Crippen LogP) is 0.273. The van der Waals surface area contributed by atoms with Crippen LogP contribution in [0.3, 0.4) is 0 Å². The third-order valence-electron chi connectivity index (χ3n) is 5.75. The van der Waals surface area contributed by atoms with Crippen LogP contribution in [0.2, 0.25) is 0 Å². The lowest BCUT2D eigenvalue weighted by atomic mass is 9.44. The Morgan fingerprint density at radius 3 is 1.08 bits per heavy atom. The van der Waals surface area contributed by atoms with Crippen molar-refractivity contribution in [3.05, 3.63) is 0 Å². The molecule has 6 aliphatic rings. The summed E-state index contributed by atoms with van der Waals surface area (Å²) in [6, 6.07) is 0. The standard InChI is InChI=1S/C10H10O2/c11-7-3-1-2-5(3)9-10(12-9)6(2)4(1)8(7)11/h1-10H/t1?,2?,3-,4-,5-,6+,7+,8+,9+,10+/m0/s1. The van der Waals surface area contributed by atoms with E-state index in [1.54, 1.807) is 0 Å². The van der Waals surface area contributed by atoms with Gasteiger partial charge in [-0.15, -0.1) is 0 Å². The van der Waals surface area contributed by atoms with Gasteiger partial charge in [0.2, 0.25) is 0 Å². The van der Waals surface area contributed by atoms with Crippen molar-refractivity contribution in [3.63, 3.8) is 0 Å². The molecule has 4 aliphatic carbocycles. The zero-order valence-corrected chi connectivity index (χ0v) is 6.59. The minimum Gasteiger partial charge on any atom is -0.369 e. The lowest BCUT2D eigenvalue weighted by Gasteiger charge is -2.61. The summed E-state index contributed by atoms with van der Waals surface area (Å²) in [5.41, 5.74) is 0. The van der Waals surface area contributed by atoms with Gasteiger partial charge in [-0.2, -0.15) is 0 Å². The Kier molecular flexibility index (Phi) is 0.436. The van der Waals surface area contributed by atoms with Gasteiger partial charge in [0, 0.05) is 0 Å². The lowest BCUT2D eigenvalue weighted by molar-refractivity contribution is -0.204. The van der Waals surface area contributed by atoms with Crippen molar-refractivity contribution in [1.82, 2.24) is 0 Å². The SMILES string of the molecule is O1[C@H]2[C@H]1[C@H]1C3C4[C@H]([C@H]5O[C@@H]5[C@H]41)[C@H]32. The highest BCUT2D eigenvalue weighted by Crippen LogP contribution is 2.84. The molecule has 2 unspecified atom stereocenters. The fourth-order valence-electron chi connectivity index (χ4n) is 5.54. The lowest BCUT2D eigenvalue weighted by Crippen LogP contribution is -2.62. The fourth-order valence-corrected chi connectivity index (χ4v) is 5.54. The summed E-state index contributed by atoms with van der Waals surface area (Å²) in [7, 11) is 0. The van der Waals surface area contributed by atoms with Crippen LogP contribution < -0.4 is 0 Å². The Labute approximate surface area is 70.2 Å². The first-order valence-electron chi connectivity index (χ1n) is 5.28. The molecule has 0 aromatic rings. The van der Waals surface area contributed by atoms with Crippen molar-refractivity contribution in [2.45, 2.75) is 24.4 Å². The molecule has 0 amide bonds. The maximum absolute atomic E-state index is 5.73. The molecule has 6 rings (SSSR count). The molecule has 0 spiro atoms. The van der Waals surface area contributed by atoms with Crippen molar-refractivity contribution in [1.29, 1.82) is 0 Å². The van der Waals surface area contributed by atoms with E-state index >= 15 is 0 Å². The van der Waals surface area contributed by atoms with Crippen molar-refractivity contribution >= 4 is 0 Å². The van der Waals surface area contributed by atoms with Crippen LogP contribution in [0.15, 0.2) is 0 Å². The van der Waals surface area contributed by atoms with Crippen molar-refractivity contribution < 1.29 is 9.47 Å². The third kappa shape index (κ3) is 0.252. The van der Waals surface area contributed by atoms with E-state index in [1.165, 1.54) is 0 Å². The maximum Gasteiger partial charge on any atom is 0.0879 e. The van der Waals surface area contributed by atoms with Crippen molar-refractivity contribution in [3.8, 4) is 0 Å². The Morgan fingerprint density at radius 2 is 0.750 bits per heavy atom. The number of hydrogen-bond acceptors (Lipinski definition) is 2. The van der Waals surface area contributed by atoms with E-state index in [0.717, 1.165) is 35.5 Å². The molecular formula is C10H10O2. The van der Waals surface area contributed by atoms with E-state index in [1.807, 2.05) is 0 Å². The first-order chi connectivity index (χ1) is 5.97. The summed E-state index contributed by atoms with van der Waals surface area (Å²) in [6.07, 6.45) is 2.82. The Hall–Kier alpha value is -0.0800. The average molecular weight is 162 g/mol. The molecule has 2 nitrogen and oxygen atoms in total. The van der Waals surface area contributed by atoms with Crippen LogP contribution in [0.25, 0.3) is 0 Å². The van der Waals surface area contributed by atoms with Gasteiger partial charge < -0.3 is 9.47 Å². The molecule has 0 radical (unpaired) electrons.